The molecular formula is C15H16FNOS. The first-order chi connectivity index (χ1) is 9.10. The Morgan fingerprint density at radius 2 is 2.00 bits per heavy atom. The van der Waals surface area contributed by atoms with E-state index < -0.39 is 0 Å². The van der Waals surface area contributed by atoms with E-state index in [0.717, 1.165) is 16.9 Å². The summed E-state index contributed by atoms with van der Waals surface area (Å²) in [5.74, 6) is -0.339. The fourth-order valence-corrected chi connectivity index (χ4v) is 2.88. The van der Waals surface area contributed by atoms with Gasteiger partial charge in [0, 0.05) is 11.4 Å². The van der Waals surface area contributed by atoms with Gasteiger partial charge in [-0.15, -0.1) is 11.3 Å². The number of aryl methyl sites for hydroxylation is 2. The van der Waals surface area contributed by atoms with Crippen molar-refractivity contribution in [2.75, 3.05) is 0 Å². The summed E-state index contributed by atoms with van der Waals surface area (Å²) < 4.78 is 12.8. The minimum absolute atomic E-state index is 0.0721. The van der Waals surface area contributed by atoms with E-state index in [9.17, 15) is 9.18 Å². The highest BCUT2D eigenvalue weighted by molar-refractivity contribution is 7.14. The normalized spacial score (nSPS) is 10.5. The molecule has 1 aromatic carbocycles. The van der Waals surface area contributed by atoms with Crippen LogP contribution in [0.15, 0.2) is 30.3 Å². The van der Waals surface area contributed by atoms with E-state index in [-0.39, 0.29) is 11.7 Å². The van der Waals surface area contributed by atoms with Crippen LogP contribution in [0.1, 0.15) is 32.6 Å². The monoisotopic (exact) mass is 277 g/mol. The lowest BCUT2D eigenvalue weighted by molar-refractivity contribution is 0.0955. The zero-order valence-electron chi connectivity index (χ0n) is 11.0. The number of hydrogen-bond donors (Lipinski definition) is 1. The van der Waals surface area contributed by atoms with Gasteiger partial charge in [0.05, 0.1) is 4.88 Å². The van der Waals surface area contributed by atoms with Crippen LogP contribution >= 0.6 is 11.3 Å². The summed E-state index contributed by atoms with van der Waals surface area (Å²) in [6, 6.07) is 8.08. The predicted molar refractivity (Wildman–Crippen MR) is 76.0 cm³/mol. The van der Waals surface area contributed by atoms with E-state index in [0.29, 0.717) is 6.54 Å². The van der Waals surface area contributed by atoms with Crippen LogP contribution < -0.4 is 5.32 Å². The highest BCUT2D eigenvalue weighted by atomic mass is 32.1. The Labute approximate surface area is 116 Å². The van der Waals surface area contributed by atoms with Crippen molar-refractivity contribution in [2.24, 2.45) is 0 Å². The summed E-state index contributed by atoms with van der Waals surface area (Å²) in [6.45, 7) is 4.52. The molecule has 2 nitrogen and oxygen atoms in total. The van der Waals surface area contributed by atoms with Crippen molar-refractivity contribution in [3.8, 4) is 0 Å². The Balaban J connectivity index is 1.99. The van der Waals surface area contributed by atoms with Gasteiger partial charge in [0.15, 0.2) is 0 Å². The van der Waals surface area contributed by atoms with E-state index in [1.165, 1.54) is 33.9 Å². The van der Waals surface area contributed by atoms with Crippen LogP contribution in [0.5, 0.6) is 0 Å². The maximum atomic E-state index is 12.8. The Hall–Kier alpha value is -1.68. The fraction of sp³-hybridized carbons (Fsp3) is 0.267. The molecule has 0 saturated heterocycles. The Bertz CT molecular complexity index is 574. The van der Waals surface area contributed by atoms with Gasteiger partial charge in [0.2, 0.25) is 0 Å². The number of benzene rings is 1. The van der Waals surface area contributed by atoms with Crippen molar-refractivity contribution < 1.29 is 9.18 Å². The number of nitrogens with one attached hydrogen (secondary N) is 1. The SMILES string of the molecule is CCc1cc(C(=O)NCc2ccc(F)cc2)sc1C. The number of hydrogen-bond acceptors (Lipinski definition) is 2. The first-order valence-electron chi connectivity index (χ1n) is 6.22. The second-order valence-corrected chi connectivity index (χ2v) is 5.61. The Kier molecular flexibility index (Phi) is 4.32. The zero-order chi connectivity index (χ0) is 13.8. The quantitative estimate of drug-likeness (QED) is 0.907. The van der Waals surface area contributed by atoms with Gasteiger partial charge >= 0.3 is 0 Å². The first kappa shape index (κ1) is 13.7. The number of halogens is 1. The fourth-order valence-electron chi connectivity index (χ4n) is 1.85. The lowest BCUT2D eigenvalue weighted by atomic mass is 10.2. The van der Waals surface area contributed by atoms with Crippen LogP contribution in [0.2, 0.25) is 0 Å². The molecule has 1 amide bonds. The lowest BCUT2D eigenvalue weighted by Gasteiger charge is -2.03. The number of carbonyl (C=O) groups is 1. The van der Waals surface area contributed by atoms with E-state index >= 15 is 0 Å². The highest BCUT2D eigenvalue weighted by Gasteiger charge is 2.11. The van der Waals surface area contributed by atoms with E-state index in [4.69, 9.17) is 0 Å². The van der Waals surface area contributed by atoms with E-state index in [1.807, 2.05) is 13.0 Å². The number of carbonyl (C=O) groups excluding carboxylic acids is 1. The molecule has 4 heteroatoms. The minimum Gasteiger partial charge on any atom is -0.347 e. The molecule has 2 aromatic rings. The predicted octanol–water partition coefficient (Wildman–Crippen LogP) is 3.69. The van der Waals surface area contributed by atoms with Gasteiger partial charge < -0.3 is 5.32 Å². The largest absolute Gasteiger partial charge is 0.347 e. The number of rotatable bonds is 4. The third-order valence-electron chi connectivity index (χ3n) is 2.99. The molecule has 0 aliphatic carbocycles. The van der Waals surface area contributed by atoms with Crippen molar-refractivity contribution in [3.63, 3.8) is 0 Å². The van der Waals surface area contributed by atoms with E-state index in [2.05, 4.69) is 12.2 Å². The molecule has 0 spiro atoms. The van der Waals surface area contributed by atoms with Crippen LogP contribution in [-0.2, 0) is 13.0 Å². The van der Waals surface area contributed by atoms with Gasteiger partial charge in [-0.1, -0.05) is 19.1 Å². The average Bonchev–Trinajstić information content (AvgIpc) is 2.79. The van der Waals surface area contributed by atoms with Gasteiger partial charge in [-0.05, 0) is 42.7 Å². The second-order valence-electron chi connectivity index (χ2n) is 4.35. The summed E-state index contributed by atoms with van der Waals surface area (Å²) in [6.07, 6.45) is 0.938. The molecule has 2 rings (SSSR count). The molecule has 19 heavy (non-hydrogen) atoms. The molecule has 0 aliphatic rings. The number of amides is 1. The average molecular weight is 277 g/mol. The van der Waals surface area contributed by atoms with Gasteiger partial charge in [0.1, 0.15) is 5.82 Å². The smallest absolute Gasteiger partial charge is 0.261 e. The number of thiophene rings is 1. The van der Waals surface area contributed by atoms with Gasteiger partial charge in [-0.2, -0.15) is 0 Å². The van der Waals surface area contributed by atoms with Crippen molar-refractivity contribution in [2.45, 2.75) is 26.8 Å². The van der Waals surface area contributed by atoms with Crippen molar-refractivity contribution >= 4 is 17.2 Å². The molecule has 0 aliphatic heterocycles. The van der Waals surface area contributed by atoms with Gasteiger partial charge in [0.25, 0.3) is 5.91 Å². The molecule has 0 bridgehead atoms. The van der Waals surface area contributed by atoms with Crippen molar-refractivity contribution in [3.05, 3.63) is 57.0 Å². The van der Waals surface area contributed by atoms with Crippen LogP contribution in [0, 0.1) is 12.7 Å². The van der Waals surface area contributed by atoms with Gasteiger partial charge in [-0.3, -0.25) is 4.79 Å². The van der Waals surface area contributed by atoms with Crippen LogP contribution in [0.25, 0.3) is 0 Å². The molecule has 1 N–H and O–H groups in total. The lowest BCUT2D eigenvalue weighted by Crippen LogP contribution is -2.21. The van der Waals surface area contributed by atoms with Crippen LogP contribution in [-0.4, -0.2) is 5.91 Å². The summed E-state index contributed by atoms with van der Waals surface area (Å²) >= 11 is 1.51. The molecule has 100 valence electrons. The molecule has 0 saturated carbocycles. The molecular weight excluding hydrogens is 261 g/mol. The van der Waals surface area contributed by atoms with E-state index in [1.54, 1.807) is 12.1 Å². The molecule has 1 aromatic heterocycles. The molecule has 1 heterocycles. The maximum Gasteiger partial charge on any atom is 0.261 e. The summed E-state index contributed by atoms with van der Waals surface area (Å²) in [7, 11) is 0. The zero-order valence-corrected chi connectivity index (χ0v) is 11.8. The molecule has 0 unspecified atom stereocenters. The summed E-state index contributed by atoms with van der Waals surface area (Å²) in [5, 5.41) is 2.85. The highest BCUT2D eigenvalue weighted by Crippen LogP contribution is 2.21. The van der Waals surface area contributed by atoms with Gasteiger partial charge in [-0.25, -0.2) is 4.39 Å². The Morgan fingerprint density at radius 3 is 2.58 bits per heavy atom. The third-order valence-corrected chi connectivity index (χ3v) is 4.08. The Morgan fingerprint density at radius 1 is 1.32 bits per heavy atom. The standard InChI is InChI=1S/C15H16FNOS/c1-3-12-8-14(19-10(12)2)15(18)17-9-11-4-6-13(16)7-5-11/h4-8H,3,9H2,1-2H3,(H,17,18). The molecule has 0 radical (unpaired) electrons. The van der Waals surface area contributed by atoms with Crippen molar-refractivity contribution in [1.29, 1.82) is 0 Å². The maximum absolute atomic E-state index is 12.8. The minimum atomic E-state index is -0.267. The van der Waals surface area contributed by atoms with Crippen molar-refractivity contribution in [1.82, 2.24) is 5.32 Å². The molecule has 0 atom stereocenters. The summed E-state index contributed by atoms with van der Waals surface area (Å²) in [5.41, 5.74) is 2.11. The third kappa shape index (κ3) is 3.41. The summed E-state index contributed by atoms with van der Waals surface area (Å²) in [4.78, 5) is 13.9. The molecule has 0 fully saturated rings. The van der Waals surface area contributed by atoms with Crippen LogP contribution in [0.3, 0.4) is 0 Å². The van der Waals surface area contributed by atoms with Crippen LogP contribution in [0.4, 0.5) is 4.39 Å². The second kappa shape index (κ2) is 5.97. The topological polar surface area (TPSA) is 29.1 Å². The first-order valence-corrected chi connectivity index (χ1v) is 7.03.